The molecule has 1 unspecified atom stereocenters. The second-order valence-electron chi connectivity index (χ2n) is 6.40. The molecule has 3 atom stereocenters. The van der Waals surface area contributed by atoms with Gasteiger partial charge in [-0.15, -0.1) is 0 Å². The number of aliphatic carboxylic acids is 2. The Morgan fingerprint density at radius 2 is 1.79 bits per heavy atom. The Balaban J connectivity index is 0.000000345. The molecule has 1 saturated carbocycles. The highest BCUT2D eigenvalue weighted by molar-refractivity contribution is 5.89. The molecule has 1 aliphatic carbocycles. The lowest BCUT2D eigenvalue weighted by Crippen LogP contribution is -2.49. The van der Waals surface area contributed by atoms with Gasteiger partial charge in [-0.1, -0.05) is 12.1 Å². The van der Waals surface area contributed by atoms with Crippen molar-refractivity contribution in [2.75, 3.05) is 19.6 Å². The third-order valence-electron chi connectivity index (χ3n) is 4.43. The fourth-order valence-corrected chi connectivity index (χ4v) is 2.93. The maximum atomic E-state index is 13.4. The van der Waals surface area contributed by atoms with E-state index in [-0.39, 0.29) is 17.8 Å². The van der Waals surface area contributed by atoms with Crippen LogP contribution >= 0.6 is 0 Å². The molecular weight excluding hydrogens is 388 g/mol. The minimum absolute atomic E-state index is 0.127. The Hall–Kier alpha value is -2.69. The van der Waals surface area contributed by atoms with E-state index in [0.29, 0.717) is 26.1 Å². The average Bonchev–Trinajstić information content (AvgIpc) is 3.42. The van der Waals surface area contributed by atoms with Crippen molar-refractivity contribution in [3.8, 4) is 0 Å². The summed E-state index contributed by atoms with van der Waals surface area (Å²) in [6.07, 6.45) is -4.67. The van der Waals surface area contributed by atoms with Gasteiger partial charge in [-0.05, 0) is 24.1 Å². The molecule has 2 aliphatic rings. The van der Waals surface area contributed by atoms with Gasteiger partial charge in [0, 0.05) is 19.6 Å². The molecule has 1 saturated heterocycles. The molecule has 3 N–H and O–H groups in total. The number of rotatable bonds is 3. The van der Waals surface area contributed by atoms with E-state index in [4.69, 9.17) is 15.0 Å². The molecular formula is C17H18F4N2O5. The number of amides is 1. The minimum atomic E-state index is -5.08. The van der Waals surface area contributed by atoms with E-state index in [1.165, 1.54) is 12.1 Å². The molecule has 1 aromatic carbocycles. The van der Waals surface area contributed by atoms with E-state index >= 15 is 0 Å². The summed E-state index contributed by atoms with van der Waals surface area (Å²) in [5.41, 5.74) is 0.739. The molecule has 1 heterocycles. The van der Waals surface area contributed by atoms with Gasteiger partial charge in [-0.3, -0.25) is 9.59 Å². The van der Waals surface area contributed by atoms with Gasteiger partial charge in [0.2, 0.25) is 5.91 Å². The smallest absolute Gasteiger partial charge is 0.481 e. The lowest BCUT2D eigenvalue weighted by atomic mass is 10.0. The number of benzene rings is 1. The second-order valence-corrected chi connectivity index (χ2v) is 6.40. The molecule has 3 rings (SSSR count). The Kier molecular flexibility index (Phi) is 6.60. The van der Waals surface area contributed by atoms with Crippen LogP contribution in [-0.4, -0.2) is 58.8 Å². The molecule has 1 aromatic rings. The second kappa shape index (κ2) is 8.55. The summed E-state index contributed by atoms with van der Waals surface area (Å²) in [6, 6.07) is 5.98. The van der Waals surface area contributed by atoms with Gasteiger partial charge >= 0.3 is 18.1 Å². The zero-order valence-electron chi connectivity index (χ0n) is 14.4. The van der Waals surface area contributed by atoms with Crippen LogP contribution in [0.5, 0.6) is 0 Å². The Bertz CT molecular complexity index is 755. The predicted octanol–water partition coefficient (Wildman–Crippen LogP) is 1.65. The summed E-state index contributed by atoms with van der Waals surface area (Å²) < 4.78 is 45.1. The van der Waals surface area contributed by atoms with E-state index in [9.17, 15) is 27.2 Å². The van der Waals surface area contributed by atoms with Gasteiger partial charge < -0.3 is 20.4 Å². The van der Waals surface area contributed by atoms with E-state index < -0.39 is 30.0 Å². The third-order valence-corrected chi connectivity index (χ3v) is 4.43. The van der Waals surface area contributed by atoms with Crippen LogP contribution in [0.4, 0.5) is 17.6 Å². The highest BCUT2D eigenvalue weighted by atomic mass is 19.4. The van der Waals surface area contributed by atoms with Crippen molar-refractivity contribution in [1.82, 2.24) is 10.2 Å². The monoisotopic (exact) mass is 406 g/mol. The first-order valence-corrected chi connectivity index (χ1v) is 8.32. The number of nitrogens with zero attached hydrogens (tertiary/aromatic N) is 1. The van der Waals surface area contributed by atoms with Crippen LogP contribution in [0, 0.1) is 17.7 Å². The van der Waals surface area contributed by atoms with Crippen molar-refractivity contribution in [2.45, 2.75) is 18.6 Å². The Morgan fingerprint density at radius 3 is 2.29 bits per heavy atom. The molecule has 28 heavy (non-hydrogen) atoms. The number of carboxylic acid groups (broad SMARTS) is 2. The third kappa shape index (κ3) is 5.41. The molecule has 0 bridgehead atoms. The average molecular weight is 406 g/mol. The summed E-state index contributed by atoms with van der Waals surface area (Å²) in [4.78, 5) is 34.0. The number of carbonyl (C=O) groups excluding carboxylic acids is 1. The molecule has 0 aromatic heterocycles. The minimum Gasteiger partial charge on any atom is -0.481 e. The zero-order valence-corrected chi connectivity index (χ0v) is 14.4. The Labute approximate surface area is 156 Å². The molecule has 154 valence electrons. The number of carboxylic acids is 2. The summed E-state index contributed by atoms with van der Waals surface area (Å²) in [5, 5.41) is 19.3. The number of hydrogen-bond acceptors (Lipinski definition) is 4. The van der Waals surface area contributed by atoms with Crippen molar-refractivity contribution in [3.63, 3.8) is 0 Å². The van der Waals surface area contributed by atoms with E-state index in [2.05, 4.69) is 5.32 Å². The number of carbonyl (C=O) groups is 3. The SMILES string of the molecule is O=C(O)C(F)(F)F.O=C(O)[C@@H]1C[C@H]1C(=O)N1CCNCC1c1cccc(F)c1. The largest absolute Gasteiger partial charge is 0.490 e. The van der Waals surface area contributed by atoms with Gasteiger partial charge in [0.1, 0.15) is 5.82 Å². The van der Waals surface area contributed by atoms with Gasteiger partial charge in [0.15, 0.2) is 0 Å². The van der Waals surface area contributed by atoms with Crippen LogP contribution in [0.1, 0.15) is 18.0 Å². The molecule has 2 fully saturated rings. The van der Waals surface area contributed by atoms with Crippen LogP contribution in [0.15, 0.2) is 24.3 Å². The van der Waals surface area contributed by atoms with Crippen LogP contribution in [0.3, 0.4) is 0 Å². The lowest BCUT2D eigenvalue weighted by molar-refractivity contribution is -0.192. The molecule has 0 spiro atoms. The summed E-state index contributed by atoms with van der Waals surface area (Å²) in [7, 11) is 0. The van der Waals surface area contributed by atoms with Gasteiger partial charge in [-0.25, -0.2) is 9.18 Å². The standard InChI is InChI=1S/C15H17FN2O3.C2HF3O2/c16-10-3-1-2-9(6-10)13-8-17-4-5-18(13)14(19)11-7-12(11)15(20)21;3-2(4,5)1(6)7/h1-3,6,11-13,17H,4-5,7-8H2,(H,20,21);(H,6,7)/t11-,12-,13?;/m1./s1. The number of halogens is 4. The van der Waals surface area contributed by atoms with Crippen molar-refractivity contribution in [2.24, 2.45) is 11.8 Å². The molecule has 0 radical (unpaired) electrons. The summed E-state index contributed by atoms with van der Waals surface area (Å²) in [5.74, 6) is -5.10. The zero-order chi connectivity index (χ0) is 21.1. The number of nitrogens with one attached hydrogen (secondary N) is 1. The fourth-order valence-electron chi connectivity index (χ4n) is 2.93. The quantitative estimate of drug-likeness (QED) is 0.659. The number of alkyl halides is 3. The fraction of sp³-hybridized carbons (Fsp3) is 0.471. The summed E-state index contributed by atoms with van der Waals surface area (Å²) >= 11 is 0. The van der Waals surface area contributed by atoms with Crippen molar-refractivity contribution >= 4 is 17.8 Å². The Morgan fingerprint density at radius 1 is 1.14 bits per heavy atom. The van der Waals surface area contributed by atoms with E-state index in [1.54, 1.807) is 17.0 Å². The van der Waals surface area contributed by atoms with Crippen LogP contribution in [-0.2, 0) is 14.4 Å². The van der Waals surface area contributed by atoms with E-state index in [1.807, 2.05) is 0 Å². The van der Waals surface area contributed by atoms with E-state index in [0.717, 1.165) is 5.56 Å². The van der Waals surface area contributed by atoms with Crippen molar-refractivity contribution in [1.29, 1.82) is 0 Å². The summed E-state index contributed by atoms with van der Waals surface area (Å²) in [6.45, 7) is 1.74. The first kappa shape index (κ1) is 21.6. The van der Waals surface area contributed by atoms with Crippen LogP contribution < -0.4 is 5.32 Å². The molecule has 7 nitrogen and oxygen atoms in total. The first-order valence-electron chi connectivity index (χ1n) is 8.32. The first-order chi connectivity index (χ1) is 13.0. The van der Waals surface area contributed by atoms with Crippen LogP contribution in [0.2, 0.25) is 0 Å². The van der Waals surface area contributed by atoms with Crippen molar-refractivity contribution in [3.05, 3.63) is 35.6 Å². The molecule has 1 amide bonds. The molecule has 11 heteroatoms. The van der Waals surface area contributed by atoms with Crippen molar-refractivity contribution < 1.29 is 42.2 Å². The highest BCUT2D eigenvalue weighted by Crippen LogP contribution is 2.41. The van der Waals surface area contributed by atoms with Gasteiger partial charge in [0.25, 0.3) is 0 Å². The van der Waals surface area contributed by atoms with Gasteiger partial charge in [-0.2, -0.15) is 13.2 Å². The van der Waals surface area contributed by atoms with Gasteiger partial charge in [0.05, 0.1) is 17.9 Å². The van der Waals surface area contributed by atoms with Crippen LogP contribution in [0.25, 0.3) is 0 Å². The highest BCUT2D eigenvalue weighted by Gasteiger charge is 2.51. The normalized spacial score (nSPS) is 24.0. The molecule has 1 aliphatic heterocycles. The maximum Gasteiger partial charge on any atom is 0.490 e. The predicted molar refractivity (Wildman–Crippen MR) is 86.6 cm³/mol. The number of hydrogen-bond donors (Lipinski definition) is 3. The number of piperazine rings is 1. The maximum absolute atomic E-state index is 13.4. The lowest BCUT2D eigenvalue weighted by Gasteiger charge is -2.36. The topological polar surface area (TPSA) is 107 Å².